The SMILES string of the molecule is CC1(C)c2cc3ccccc3cc2-c2c(-c3ccc(-c4cc(-c5ccccc5-c5cnc6ccccc6c5)nc(-c5ccccc5)n4)c4ccccc34)cccc21. The molecule has 3 heteroatoms. The molecule has 0 bridgehead atoms. The maximum Gasteiger partial charge on any atom is 0.160 e. The molecular formula is C54H37N3. The number of benzene rings is 8. The van der Waals surface area contributed by atoms with E-state index in [1.165, 1.54) is 49.5 Å². The summed E-state index contributed by atoms with van der Waals surface area (Å²) in [6.45, 7) is 4.73. The highest BCUT2D eigenvalue weighted by molar-refractivity contribution is 6.09. The molecule has 0 fully saturated rings. The molecular weight excluding hydrogens is 691 g/mol. The van der Waals surface area contributed by atoms with Crippen molar-refractivity contribution in [1.82, 2.24) is 15.0 Å². The molecule has 0 amide bonds. The minimum absolute atomic E-state index is 0.120. The lowest BCUT2D eigenvalue weighted by atomic mass is 9.81. The minimum Gasteiger partial charge on any atom is -0.256 e. The molecule has 2 aromatic heterocycles. The number of fused-ring (bicyclic) bond motifs is 6. The standard InChI is InChI=1S/C54H37N3/c1-54(2)47-25-14-24-45(52(47)46-30-35-17-6-7-18-36(35)31-48(46)54)42-27-28-44(41-22-11-10-21-40(41)42)51-32-50(56-53(57-51)34-15-4-3-5-16-34)43-23-12-9-20-39(43)38-29-37-19-8-13-26-49(37)55-33-38/h3-33H,1-2H3. The van der Waals surface area contributed by atoms with E-state index < -0.39 is 0 Å². The molecule has 57 heavy (non-hydrogen) atoms. The van der Waals surface area contributed by atoms with Crippen molar-refractivity contribution in [1.29, 1.82) is 0 Å². The van der Waals surface area contributed by atoms with E-state index in [1.807, 2.05) is 30.5 Å². The fourth-order valence-corrected chi connectivity index (χ4v) is 9.07. The normalized spacial score (nSPS) is 12.9. The number of pyridine rings is 1. The highest BCUT2D eigenvalue weighted by Crippen LogP contribution is 2.54. The average molecular weight is 728 g/mol. The van der Waals surface area contributed by atoms with Gasteiger partial charge in [-0.15, -0.1) is 0 Å². The quantitative estimate of drug-likeness (QED) is 0.177. The van der Waals surface area contributed by atoms with Crippen LogP contribution in [0.25, 0.3) is 99.7 Å². The molecule has 0 N–H and O–H groups in total. The Morgan fingerprint density at radius 1 is 0.386 bits per heavy atom. The maximum absolute atomic E-state index is 5.31. The van der Waals surface area contributed by atoms with Crippen molar-refractivity contribution in [3.63, 3.8) is 0 Å². The van der Waals surface area contributed by atoms with Gasteiger partial charge in [0.2, 0.25) is 0 Å². The summed E-state index contributed by atoms with van der Waals surface area (Å²) in [6.07, 6.45) is 1.97. The molecule has 3 nitrogen and oxygen atoms in total. The summed E-state index contributed by atoms with van der Waals surface area (Å²) in [5, 5.41) is 6.00. The molecule has 0 radical (unpaired) electrons. The molecule has 0 unspecified atom stereocenters. The van der Waals surface area contributed by atoms with Gasteiger partial charge in [0.15, 0.2) is 5.82 Å². The first-order valence-corrected chi connectivity index (χ1v) is 19.6. The van der Waals surface area contributed by atoms with E-state index in [0.29, 0.717) is 5.82 Å². The van der Waals surface area contributed by atoms with Crippen molar-refractivity contribution in [2.24, 2.45) is 0 Å². The van der Waals surface area contributed by atoms with Crippen LogP contribution in [0.5, 0.6) is 0 Å². The van der Waals surface area contributed by atoms with E-state index in [2.05, 4.69) is 172 Å². The molecule has 0 atom stereocenters. The van der Waals surface area contributed by atoms with E-state index in [-0.39, 0.29) is 5.41 Å². The molecule has 0 saturated heterocycles. The van der Waals surface area contributed by atoms with Crippen molar-refractivity contribution in [3.05, 3.63) is 199 Å². The molecule has 10 aromatic rings. The fraction of sp³-hybridized carbons (Fsp3) is 0.0556. The second kappa shape index (κ2) is 12.9. The lowest BCUT2D eigenvalue weighted by molar-refractivity contribution is 0.661. The lowest BCUT2D eigenvalue weighted by Gasteiger charge is -2.22. The third-order valence-corrected chi connectivity index (χ3v) is 11.9. The van der Waals surface area contributed by atoms with Gasteiger partial charge in [-0.3, -0.25) is 4.98 Å². The molecule has 0 spiro atoms. The first-order valence-electron chi connectivity index (χ1n) is 19.6. The van der Waals surface area contributed by atoms with Crippen molar-refractivity contribution in [2.75, 3.05) is 0 Å². The van der Waals surface area contributed by atoms with Crippen molar-refractivity contribution in [3.8, 4) is 67.3 Å². The first-order chi connectivity index (χ1) is 28.0. The third-order valence-electron chi connectivity index (χ3n) is 11.9. The van der Waals surface area contributed by atoms with E-state index in [9.17, 15) is 0 Å². The van der Waals surface area contributed by atoms with Gasteiger partial charge < -0.3 is 0 Å². The summed E-state index contributed by atoms with van der Waals surface area (Å²) in [6, 6.07) is 65.1. The molecule has 0 saturated carbocycles. The monoisotopic (exact) mass is 727 g/mol. The topological polar surface area (TPSA) is 38.7 Å². The lowest BCUT2D eigenvalue weighted by Crippen LogP contribution is -2.14. The van der Waals surface area contributed by atoms with Gasteiger partial charge in [-0.2, -0.15) is 0 Å². The van der Waals surface area contributed by atoms with Crippen LogP contribution in [-0.2, 0) is 5.41 Å². The summed E-state index contributed by atoms with van der Waals surface area (Å²) in [4.78, 5) is 15.4. The van der Waals surface area contributed by atoms with Gasteiger partial charge in [-0.05, 0) is 90.8 Å². The third kappa shape index (κ3) is 5.38. The van der Waals surface area contributed by atoms with Gasteiger partial charge in [0.25, 0.3) is 0 Å². The second-order valence-electron chi connectivity index (χ2n) is 15.6. The Bertz CT molecular complexity index is 3220. The predicted molar refractivity (Wildman–Crippen MR) is 237 cm³/mol. The average Bonchev–Trinajstić information content (AvgIpc) is 3.50. The van der Waals surface area contributed by atoms with Crippen LogP contribution in [0.15, 0.2) is 188 Å². The van der Waals surface area contributed by atoms with Gasteiger partial charge in [-0.25, -0.2) is 9.97 Å². The Hall–Kier alpha value is -7.23. The van der Waals surface area contributed by atoms with E-state index in [0.717, 1.165) is 55.5 Å². The minimum atomic E-state index is -0.120. The number of hydrogen-bond acceptors (Lipinski definition) is 3. The van der Waals surface area contributed by atoms with Crippen LogP contribution < -0.4 is 0 Å². The van der Waals surface area contributed by atoms with Gasteiger partial charge >= 0.3 is 0 Å². The van der Waals surface area contributed by atoms with Crippen LogP contribution in [0.4, 0.5) is 0 Å². The van der Waals surface area contributed by atoms with Gasteiger partial charge in [0, 0.05) is 39.3 Å². The van der Waals surface area contributed by atoms with Crippen LogP contribution in [0.3, 0.4) is 0 Å². The smallest absolute Gasteiger partial charge is 0.160 e. The molecule has 8 aromatic carbocycles. The molecule has 0 aliphatic heterocycles. The number of rotatable bonds is 5. The molecule has 11 rings (SSSR count). The van der Waals surface area contributed by atoms with Crippen molar-refractivity contribution in [2.45, 2.75) is 19.3 Å². The Labute approximate surface area is 332 Å². The van der Waals surface area contributed by atoms with Crippen LogP contribution >= 0.6 is 0 Å². The van der Waals surface area contributed by atoms with Crippen LogP contribution in [0.2, 0.25) is 0 Å². The molecule has 1 aliphatic carbocycles. The van der Waals surface area contributed by atoms with Crippen LogP contribution in [0.1, 0.15) is 25.0 Å². The highest BCUT2D eigenvalue weighted by atomic mass is 14.9. The summed E-state index contributed by atoms with van der Waals surface area (Å²) in [7, 11) is 0. The number of hydrogen-bond donors (Lipinski definition) is 0. The zero-order valence-corrected chi connectivity index (χ0v) is 31.7. The first kappa shape index (κ1) is 33.1. The van der Waals surface area contributed by atoms with E-state index >= 15 is 0 Å². The van der Waals surface area contributed by atoms with Gasteiger partial charge in [0.1, 0.15) is 0 Å². The number of nitrogens with zero attached hydrogens (tertiary/aromatic N) is 3. The Morgan fingerprint density at radius 3 is 1.81 bits per heavy atom. The highest BCUT2D eigenvalue weighted by Gasteiger charge is 2.37. The van der Waals surface area contributed by atoms with Crippen molar-refractivity contribution < 1.29 is 0 Å². The largest absolute Gasteiger partial charge is 0.256 e. The molecule has 1 aliphatic rings. The second-order valence-corrected chi connectivity index (χ2v) is 15.6. The van der Waals surface area contributed by atoms with E-state index in [4.69, 9.17) is 15.0 Å². The Balaban J connectivity index is 1.11. The zero-order chi connectivity index (χ0) is 38.1. The molecule has 2 heterocycles. The van der Waals surface area contributed by atoms with Crippen LogP contribution in [-0.4, -0.2) is 15.0 Å². The predicted octanol–water partition coefficient (Wildman–Crippen LogP) is 14.0. The Morgan fingerprint density at radius 2 is 1.00 bits per heavy atom. The van der Waals surface area contributed by atoms with Crippen LogP contribution in [0, 0.1) is 0 Å². The number of aromatic nitrogens is 3. The summed E-state index contributed by atoms with van der Waals surface area (Å²) in [5.74, 6) is 0.689. The maximum atomic E-state index is 5.31. The van der Waals surface area contributed by atoms with Crippen molar-refractivity contribution >= 4 is 32.4 Å². The summed E-state index contributed by atoms with van der Waals surface area (Å²) < 4.78 is 0. The van der Waals surface area contributed by atoms with Gasteiger partial charge in [-0.1, -0.05) is 166 Å². The summed E-state index contributed by atoms with van der Waals surface area (Å²) in [5.41, 5.74) is 15.7. The zero-order valence-electron chi connectivity index (χ0n) is 31.7. The molecule has 268 valence electrons. The summed E-state index contributed by atoms with van der Waals surface area (Å²) >= 11 is 0. The van der Waals surface area contributed by atoms with Gasteiger partial charge in [0.05, 0.1) is 16.9 Å². The van der Waals surface area contributed by atoms with E-state index in [1.54, 1.807) is 0 Å². The Kier molecular flexibility index (Phi) is 7.52. The number of para-hydroxylation sites is 1. The fourth-order valence-electron chi connectivity index (χ4n) is 9.07.